The van der Waals surface area contributed by atoms with Gasteiger partial charge >= 0.3 is 5.76 Å². The van der Waals surface area contributed by atoms with Crippen LogP contribution in [0.15, 0.2) is 63.8 Å². The fourth-order valence-electron chi connectivity index (χ4n) is 3.80. The van der Waals surface area contributed by atoms with E-state index in [9.17, 15) is 9.59 Å². The Hall–Kier alpha value is -3.26. The summed E-state index contributed by atoms with van der Waals surface area (Å²) in [6, 6.07) is 17.3. The molecular formula is C22H20N4O3S. The Morgan fingerprint density at radius 1 is 1.13 bits per heavy atom. The number of hydrogen-bond acceptors (Lipinski definition) is 6. The van der Waals surface area contributed by atoms with Crippen LogP contribution < -0.4 is 5.76 Å². The number of para-hydroxylation sites is 1. The van der Waals surface area contributed by atoms with Crippen molar-refractivity contribution in [2.45, 2.75) is 25.3 Å². The average Bonchev–Trinajstić information content (AvgIpc) is 3.38. The van der Waals surface area contributed by atoms with E-state index < -0.39 is 5.76 Å². The van der Waals surface area contributed by atoms with Crippen LogP contribution in [0.3, 0.4) is 0 Å². The summed E-state index contributed by atoms with van der Waals surface area (Å²) in [5.41, 5.74) is 1.71. The van der Waals surface area contributed by atoms with Gasteiger partial charge in [-0.1, -0.05) is 30.3 Å². The Kier molecular flexibility index (Phi) is 4.92. The monoisotopic (exact) mass is 420 g/mol. The maximum absolute atomic E-state index is 12.9. The first-order valence-electron chi connectivity index (χ1n) is 9.94. The van der Waals surface area contributed by atoms with E-state index in [1.165, 1.54) is 4.70 Å². The van der Waals surface area contributed by atoms with Crippen molar-refractivity contribution in [2.24, 2.45) is 0 Å². The van der Waals surface area contributed by atoms with Crippen molar-refractivity contribution in [3.63, 3.8) is 0 Å². The lowest BCUT2D eigenvalue weighted by atomic mass is 9.98. The third kappa shape index (κ3) is 3.66. The van der Waals surface area contributed by atoms with Crippen LogP contribution in [0.25, 0.3) is 21.7 Å². The van der Waals surface area contributed by atoms with Crippen molar-refractivity contribution in [2.75, 3.05) is 13.1 Å². The van der Waals surface area contributed by atoms with E-state index in [0.29, 0.717) is 18.7 Å². The van der Waals surface area contributed by atoms with E-state index in [2.05, 4.69) is 11.2 Å². The number of amides is 1. The van der Waals surface area contributed by atoms with Crippen molar-refractivity contribution < 1.29 is 9.21 Å². The quantitative estimate of drug-likeness (QED) is 0.505. The molecule has 0 saturated carbocycles. The fourth-order valence-corrected chi connectivity index (χ4v) is 4.89. The number of carbonyl (C=O) groups excluding carboxylic acids is 1. The van der Waals surface area contributed by atoms with Crippen LogP contribution in [0.5, 0.6) is 0 Å². The molecule has 3 heterocycles. The third-order valence-corrected chi connectivity index (χ3v) is 6.54. The smallest absolute Gasteiger partial charge is 0.388 e. The number of benzene rings is 2. The molecule has 0 radical (unpaired) electrons. The van der Waals surface area contributed by atoms with Crippen LogP contribution in [0.1, 0.15) is 23.8 Å². The lowest BCUT2D eigenvalue weighted by Gasteiger charge is -2.31. The molecule has 5 rings (SSSR count). The second-order valence-electron chi connectivity index (χ2n) is 7.40. The molecule has 1 saturated heterocycles. The summed E-state index contributed by atoms with van der Waals surface area (Å²) in [6.07, 6.45) is 1.92. The number of aromatic nitrogens is 3. The highest BCUT2D eigenvalue weighted by molar-refractivity contribution is 7.18. The summed E-state index contributed by atoms with van der Waals surface area (Å²) >= 11 is 1.69. The average molecular weight is 420 g/mol. The Morgan fingerprint density at radius 3 is 2.77 bits per heavy atom. The summed E-state index contributed by atoms with van der Waals surface area (Å²) in [5, 5.41) is 5.27. The van der Waals surface area contributed by atoms with Crippen LogP contribution in [0, 0.1) is 0 Å². The van der Waals surface area contributed by atoms with Gasteiger partial charge in [0.05, 0.1) is 15.2 Å². The SMILES string of the molecule is O=C(Cn1nc(-c2ccccc2)oc1=O)N1CCC[C@@H](c2nc3ccccc3s2)C1. The number of carbonyl (C=O) groups is 1. The molecule has 0 bridgehead atoms. The molecule has 1 aliphatic rings. The number of piperidine rings is 1. The summed E-state index contributed by atoms with van der Waals surface area (Å²) in [4.78, 5) is 31.6. The molecule has 1 aliphatic heterocycles. The molecule has 152 valence electrons. The Balaban J connectivity index is 1.30. The minimum absolute atomic E-state index is 0.123. The summed E-state index contributed by atoms with van der Waals surface area (Å²) in [5.74, 6) is -0.314. The number of rotatable bonds is 4. The second kappa shape index (κ2) is 7.87. The lowest BCUT2D eigenvalue weighted by Crippen LogP contribution is -2.42. The van der Waals surface area contributed by atoms with Gasteiger partial charge in [0.25, 0.3) is 0 Å². The molecule has 1 atom stereocenters. The highest BCUT2D eigenvalue weighted by atomic mass is 32.1. The molecule has 1 fully saturated rings. The molecule has 0 spiro atoms. The van der Waals surface area contributed by atoms with E-state index >= 15 is 0 Å². The van der Waals surface area contributed by atoms with Gasteiger partial charge in [-0.3, -0.25) is 4.79 Å². The summed E-state index contributed by atoms with van der Waals surface area (Å²) in [7, 11) is 0. The highest BCUT2D eigenvalue weighted by Crippen LogP contribution is 2.33. The Labute approximate surface area is 176 Å². The Morgan fingerprint density at radius 2 is 1.93 bits per heavy atom. The lowest BCUT2D eigenvalue weighted by molar-refractivity contribution is -0.133. The zero-order chi connectivity index (χ0) is 20.5. The van der Waals surface area contributed by atoms with Gasteiger partial charge in [-0.05, 0) is 37.1 Å². The van der Waals surface area contributed by atoms with Gasteiger partial charge in [-0.15, -0.1) is 16.4 Å². The predicted molar refractivity (Wildman–Crippen MR) is 114 cm³/mol. The van der Waals surface area contributed by atoms with E-state index in [4.69, 9.17) is 9.40 Å². The molecule has 0 N–H and O–H groups in total. The van der Waals surface area contributed by atoms with E-state index in [1.807, 2.05) is 53.4 Å². The molecule has 0 aliphatic carbocycles. The molecule has 1 amide bonds. The molecule has 2 aromatic heterocycles. The largest absolute Gasteiger partial charge is 0.437 e. The van der Waals surface area contributed by atoms with Crippen LogP contribution >= 0.6 is 11.3 Å². The molecule has 8 heteroatoms. The molecule has 4 aromatic rings. The number of likely N-dealkylation sites (tertiary alicyclic amines) is 1. The zero-order valence-electron chi connectivity index (χ0n) is 16.2. The zero-order valence-corrected chi connectivity index (χ0v) is 17.0. The topological polar surface area (TPSA) is 81.2 Å². The normalized spacial score (nSPS) is 16.8. The second-order valence-corrected chi connectivity index (χ2v) is 8.46. The molecular weight excluding hydrogens is 400 g/mol. The fraction of sp³-hybridized carbons (Fsp3) is 0.273. The number of nitrogens with zero attached hydrogens (tertiary/aromatic N) is 4. The maximum Gasteiger partial charge on any atom is 0.437 e. The van der Waals surface area contributed by atoms with Gasteiger partial charge in [-0.25, -0.2) is 9.78 Å². The van der Waals surface area contributed by atoms with Gasteiger partial charge in [0, 0.05) is 24.6 Å². The number of fused-ring (bicyclic) bond motifs is 1. The van der Waals surface area contributed by atoms with Crippen LogP contribution in [-0.2, 0) is 11.3 Å². The van der Waals surface area contributed by atoms with Gasteiger partial charge in [0.15, 0.2) is 0 Å². The third-order valence-electron chi connectivity index (χ3n) is 5.35. The van der Waals surface area contributed by atoms with Crippen molar-refractivity contribution in [1.29, 1.82) is 0 Å². The van der Waals surface area contributed by atoms with Gasteiger partial charge in [0.1, 0.15) is 6.54 Å². The van der Waals surface area contributed by atoms with Crippen LogP contribution in [-0.4, -0.2) is 38.7 Å². The van der Waals surface area contributed by atoms with Crippen LogP contribution in [0.2, 0.25) is 0 Å². The highest BCUT2D eigenvalue weighted by Gasteiger charge is 2.27. The van der Waals surface area contributed by atoms with Crippen molar-refractivity contribution >= 4 is 27.5 Å². The molecule has 2 aromatic carbocycles. The van der Waals surface area contributed by atoms with E-state index in [-0.39, 0.29) is 24.3 Å². The molecule has 7 nitrogen and oxygen atoms in total. The Bertz CT molecular complexity index is 1210. The van der Waals surface area contributed by atoms with Gasteiger partial charge < -0.3 is 9.32 Å². The maximum atomic E-state index is 12.9. The van der Waals surface area contributed by atoms with Crippen LogP contribution in [0.4, 0.5) is 0 Å². The first-order valence-corrected chi connectivity index (χ1v) is 10.8. The van der Waals surface area contributed by atoms with Crippen molar-refractivity contribution in [3.8, 4) is 11.5 Å². The summed E-state index contributed by atoms with van der Waals surface area (Å²) < 4.78 is 7.50. The van der Waals surface area contributed by atoms with Crippen molar-refractivity contribution in [1.82, 2.24) is 19.7 Å². The summed E-state index contributed by atoms with van der Waals surface area (Å²) in [6.45, 7) is 1.16. The molecule has 30 heavy (non-hydrogen) atoms. The van der Waals surface area contributed by atoms with E-state index in [0.717, 1.165) is 28.0 Å². The van der Waals surface area contributed by atoms with Crippen molar-refractivity contribution in [3.05, 3.63) is 70.2 Å². The number of thiazole rings is 1. The first-order chi connectivity index (χ1) is 14.7. The minimum Gasteiger partial charge on any atom is -0.388 e. The minimum atomic E-state index is -0.623. The first kappa shape index (κ1) is 18.7. The predicted octanol–water partition coefficient (Wildman–Crippen LogP) is 3.52. The van der Waals surface area contributed by atoms with Gasteiger partial charge in [-0.2, -0.15) is 4.68 Å². The molecule has 0 unspecified atom stereocenters. The van der Waals surface area contributed by atoms with E-state index in [1.54, 1.807) is 11.3 Å². The standard InChI is InChI=1S/C22H20N4O3S/c27-19(14-26-22(28)29-20(24-26)15-7-2-1-3-8-15)25-12-6-9-16(13-25)21-23-17-10-4-5-11-18(17)30-21/h1-5,7-8,10-11,16H,6,9,12-14H2/t16-/m1/s1. The number of hydrogen-bond donors (Lipinski definition) is 0. The van der Waals surface area contributed by atoms with Gasteiger partial charge in [0.2, 0.25) is 11.8 Å².